The highest BCUT2D eigenvalue weighted by Gasteiger charge is 2.25. The Morgan fingerprint density at radius 1 is 1.27 bits per heavy atom. The maximum Gasteiger partial charge on any atom is 0.276 e. The third-order valence-electron chi connectivity index (χ3n) is 4.55. The number of rotatable bonds is 4. The van der Waals surface area contributed by atoms with E-state index in [0.29, 0.717) is 18.8 Å². The molecular weight excluding hydrogens is 326 g/mol. The first-order valence-corrected chi connectivity index (χ1v) is 8.78. The van der Waals surface area contributed by atoms with E-state index in [1.807, 2.05) is 35.9 Å². The molecule has 1 aliphatic heterocycles. The van der Waals surface area contributed by atoms with Crippen LogP contribution in [-0.2, 0) is 19.5 Å². The van der Waals surface area contributed by atoms with Crippen LogP contribution in [0, 0.1) is 6.92 Å². The lowest BCUT2D eigenvalue weighted by Crippen LogP contribution is -2.26. The highest BCUT2D eigenvalue weighted by molar-refractivity contribution is 6.04. The van der Waals surface area contributed by atoms with E-state index in [9.17, 15) is 4.79 Å². The number of anilines is 1. The van der Waals surface area contributed by atoms with Crippen LogP contribution in [-0.4, -0.2) is 27.2 Å². The van der Waals surface area contributed by atoms with E-state index in [4.69, 9.17) is 0 Å². The first kappa shape index (κ1) is 16.5. The second kappa shape index (κ2) is 7.09. The van der Waals surface area contributed by atoms with E-state index in [1.54, 1.807) is 12.3 Å². The van der Waals surface area contributed by atoms with Crippen LogP contribution in [0.25, 0.3) is 0 Å². The maximum absolute atomic E-state index is 12.8. The van der Waals surface area contributed by atoms with Gasteiger partial charge in [-0.25, -0.2) is 0 Å². The number of aryl methyl sites for hydroxylation is 1. The van der Waals surface area contributed by atoms with Gasteiger partial charge in [0.05, 0.1) is 6.54 Å². The molecule has 0 radical (unpaired) electrons. The lowest BCUT2D eigenvalue weighted by molar-refractivity contribution is 0.102. The quantitative estimate of drug-likeness (QED) is 0.761. The second-order valence-electron chi connectivity index (χ2n) is 6.48. The number of hydrogen-bond donors (Lipinski definition) is 2. The van der Waals surface area contributed by atoms with Gasteiger partial charge in [-0.1, -0.05) is 30.3 Å². The Morgan fingerprint density at radius 3 is 2.92 bits per heavy atom. The van der Waals surface area contributed by atoms with Gasteiger partial charge >= 0.3 is 0 Å². The maximum atomic E-state index is 12.8. The van der Waals surface area contributed by atoms with Crippen LogP contribution in [0.5, 0.6) is 0 Å². The summed E-state index contributed by atoms with van der Waals surface area (Å²) in [6.07, 6.45) is 2.56. The fourth-order valence-corrected chi connectivity index (χ4v) is 3.30. The van der Waals surface area contributed by atoms with E-state index in [0.717, 1.165) is 35.6 Å². The van der Waals surface area contributed by atoms with Gasteiger partial charge in [0.2, 0.25) is 0 Å². The van der Waals surface area contributed by atoms with Crippen LogP contribution < -0.4 is 10.6 Å². The molecule has 26 heavy (non-hydrogen) atoms. The van der Waals surface area contributed by atoms with Crippen molar-refractivity contribution in [1.29, 1.82) is 0 Å². The predicted octanol–water partition coefficient (Wildman–Crippen LogP) is 2.53. The molecule has 3 heterocycles. The smallest absolute Gasteiger partial charge is 0.276 e. The van der Waals surface area contributed by atoms with Gasteiger partial charge in [0.1, 0.15) is 0 Å². The summed E-state index contributed by atoms with van der Waals surface area (Å²) in [7, 11) is 0. The van der Waals surface area contributed by atoms with Crippen molar-refractivity contribution in [3.63, 3.8) is 0 Å². The highest BCUT2D eigenvalue weighted by Crippen LogP contribution is 2.21. The third kappa shape index (κ3) is 3.36. The minimum Gasteiger partial charge on any atom is -0.320 e. The lowest BCUT2D eigenvalue weighted by atomic mass is 10.1. The molecule has 3 aromatic rings. The normalized spacial score (nSPS) is 13.3. The monoisotopic (exact) mass is 347 g/mol. The number of pyridine rings is 1. The Bertz CT molecular complexity index is 933. The van der Waals surface area contributed by atoms with E-state index < -0.39 is 0 Å². The lowest BCUT2D eigenvalue weighted by Gasteiger charge is -2.15. The Kier molecular flexibility index (Phi) is 4.50. The Balaban J connectivity index is 1.64. The SMILES string of the molecule is Cc1cc(NC(=O)c2nn(Cc3ccccc3)c3c2CNCC3)ccn1. The number of fused-ring (bicyclic) bond motifs is 1. The van der Waals surface area contributed by atoms with Crippen molar-refractivity contribution in [2.45, 2.75) is 26.4 Å². The number of nitrogens with zero attached hydrogens (tertiary/aromatic N) is 3. The molecule has 0 atom stereocenters. The van der Waals surface area contributed by atoms with Gasteiger partial charge < -0.3 is 10.6 Å². The average Bonchev–Trinajstić information content (AvgIpc) is 3.01. The predicted molar refractivity (Wildman–Crippen MR) is 100 cm³/mol. The van der Waals surface area contributed by atoms with Gasteiger partial charge in [-0.3, -0.25) is 14.5 Å². The van der Waals surface area contributed by atoms with E-state index in [1.165, 1.54) is 5.56 Å². The van der Waals surface area contributed by atoms with Crippen LogP contribution in [0.3, 0.4) is 0 Å². The molecule has 4 rings (SSSR count). The van der Waals surface area contributed by atoms with Gasteiger partial charge in [-0.2, -0.15) is 5.10 Å². The molecule has 6 nitrogen and oxygen atoms in total. The molecule has 1 amide bonds. The number of aromatic nitrogens is 3. The van der Waals surface area contributed by atoms with Gasteiger partial charge in [0.15, 0.2) is 5.69 Å². The summed E-state index contributed by atoms with van der Waals surface area (Å²) in [5, 5.41) is 10.9. The van der Waals surface area contributed by atoms with Crippen LogP contribution in [0.2, 0.25) is 0 Å². The van der Waals surface area contributed by atoms with Crippen molar-refractivity contribution in [2.75, 3.05) is 11.9 Å². The molecule has 1 aromatic carbocycles. The first-order valence-electron chi connectivity index (χ1n) is 8.78. The third-order valence-corrected chi connectivity index (χ3v) is 4.55. The summed E-state index contributed by atoms with van der Waals surface area (Å²) in [5.41, 5.74) is 5.41. The van der Waals surface area contributed by atoms with Crippen LogP contribution >= 0.6 is 0 Å². The second-order valence-corrected chi connectivity index (χ2v) is 6.48. The minimum atomic E-state index is -0.178. The molecule has 2 aromatic heterocycles. The zero-order chi connectivity index (χ0) is 17.9. The number of carbonyl (C=O) groups is 1. The van der Waals surface area contributed by atoms with Crippen molar-refractivity contribution in [3.05, 3.63) is 76.9 Å². The Labute approximate surface area is 152 Å². The molecule has 0 fully saturated rings. The molecule has 0 saturated heterocycles. The molecule has 1 aliphatic rings. The molecule has 0 unspecified atom stereocenters. The van der Waals surface area contributed by atoms with E-state index >= 15 is 0 Å². The molecule has 0 spiro atoms. The summed E-state index contributed by atoms with van der Waals surface area (Å²) >= 11 is 0. The molecule has 6 heteroatoms. The highest BCUT2D eigenvalue weighted by atomic mass is 16.2. The number of carbonyl (C=O) groups excluding carboxylic acids is 1. The minimum absolute atomic E-state index is 0.178. The average molecular weight is 347 g/mol. The van der Waals surface area contributed by atoms with Crippen molar-refractivity contribution in [3.8, 4) is 0 Å². The number of nitrogens with one attached hydrogen (secondary N) is 2. The molecule has 132 valence electrons. The molecule has 0 aliphatic carbocycles. The van der Waals surface area contributed by atoms with Crippen LogP contribution in [0.4, 0.5) is 5.69 Å². The van der Waals surface area contributed by atoms with Gasteiger partial charge in [-0.15, -0.1) is 0 Å². The topological polar surface area (TPSA) is 71.8 Å². The number of benzene rings is 1. The van der Waals surface area contributed by atoms with Crippen molar-refractivity contribution in [1.82, 2.24) is 20.1 Å². The summed E-state index contributed by atoms with van der Waals surface area (Å²) in [4.78, 5) is 17.0. The fraction of sp³-hybridized carbons (Fsp3) is 0.250. The Hall–Kier alpha value is -2.99. The summed E-state index contributed by atoms with van der Waals surface area (Å²) in [6, 6.07) is 13.8. The molecular formula is C20H21N5O. The van der Waals surface area contributed by atoms with Gasteiger partial charge in [0.25, 0.3) is 5.91 Å². The standard InChI is InChI=1S/C20H21N5O/c1-14-11-16(7-10-22-14)23-20(26)19-17-12-21-9-8-18(17)25(24-19)13-15-5-3-2-4-6-15/h2-7,10-11,21H,8-9,12-13H2,1H3,(H,22,23,26). The zero-order valence-electron chi connectivity index (χ0n) is 14.7. The van der Waals surface area contributed by atoms with Crippen molar-refractivity contribution >= 4 is 11.6 Å². The first-order chi connectivity index (χ1) is 12.7. The summed E-state index contributed by atoms with van der Waals surface area (Å²) in [6.45, 7) is 4.14. The van der Waals surface area contributed by atoms with Gasteiger partial charge in [0, 0.05) is 48.3 Å². The number of hydrogen-bond acceptors (Lipinski definition) is 4. The summed E-state index contributed by atoms with van der Waals surface area (Å²) < 4.78 is 1.97. The van der Waals surface area contributed by atoms with Crippen molar-refractivity contribution in [2.24, 2.45) is 0 Å². The summed E-state index contributed by atoms with van der Waals surface area (Å²) in [5.74, 6) is -0.178. The number of amides is 1. The molecule has 0 saturated carbocycles. The zero-order valence-corrected chi connectivity index (χ0v) is 14.7. The van der Waals surface area contributed by atoms with Crippen LogP contribution in [0.15, 0.2) is 48.7 Å². The van der Waals surface area contributed by atoms with Crippen LogP contribution in [0.1, 0.15) is 33.0 Å². The fourth-order valence-electron chi connectivity index (χ4n) is 3.30. The van der Waals surface area contributed by atoms with Gasteiger partial charge in [-0.05, 0) is 24.6 Å². The van der Waals surface area contributed by atoms with E-state index in [-0.39, 0.29) is 5.91 Å². The Morgan fingerprint density at radius 2 is 2.12 bits per heavy atom. The largest absolute Gasteiger partial charge is 0.320 e. The molecule has 0 bridgehead atoms. The van der Waals surface area contributed by atoms with Crippen molar-refractivity contribution < 1.29 is 4.79 Å². The van der Waals surface area contributed by atoms with E-state index in [2.05, 4.69) is 32.8 Å². The molecule has 2 N–H and O–H groups in total.